The maximum Gasteiger partial charge on any atom is 0.251 e. The van der Waals surface area contributed by atoms with Crippen LogP contribution in [0.15, 0.2) is 91.1 Å². The standard InChI is InChI=1S/C27H24N4O3/c1-28-27(33)20-7-6-8-22(17-20)29-25(32)16-13-21-18-31(23-9-4-3-5-10-23)30-26(21)19-11-14-24(34-2)15-12-19/h3-18H,1-2H3,(H,28,33)(H,29,32)/b16-13+. The Kier molecular flexibility index (Phi) is 6.84. The Morgan fingerprint density at radius 2 is 1.74 bits per heavy atom. The van der Waals surface area contributed by atoms with Gasteiger partial charge in [-0.1, -0.05) is 24.3 Å². The van der Waals surface area contributed by atoms with Crippen LogP contribution in [0.4, 0.5) is 5.69 Å². The molecular formula is C27H24N4O3. The molecule has 170 valence electrons. The van der Waals surface area contributed by atoms with Crippen LogP contribution in [0.5, 0.6) is 5.75 Å². The third-order valence-corrected chi connectivity index (χ3v) is 5.16. The first-order valence-electron chi connectivity index (χ1n) is 10.7. The van der Waals surface area contributed by atoms with E-state index in [0.717, 1.165) is 28.3 Å². The van der Waals surface area contributed by atoms with E-state index >= 15 is 0 Å². The SMILES string of the molecule is CNC(=O)c1cccc(NC(=O)/C=C/c2cn(-c3ccccc3)nc2-c2ccc(OC)cc2)c1. The number of hydrogen-bond acceptors (Lipinski definition) is 4. The zero-order chi connectivity index (χ0) is 23.9. The average molecular weight is 453 g/mol. The number of carbonyl (C=O) groups is 2. The molecule has 0 aliphatic rings. The van der Waals surface area contributed by atoms with Crippen LogP contribution in [-0.4, -0.2) is 35.8 Å². The molecule has 4 rings (SSSR count). The zero-order valence-corrected chi connectivity index (χ0v) is 18.9. The van der Waals surface area contributed by atoms with Crippen LogP contribution < -0.4 is 15.4 Å². The van der Waals surface area contributed by atoms with E-state index in [9.17, 15) is 9.59 Å². The second-order valence-corrected chi connectivity index (χ2v) is 7.42. The fourth-order valence-corrected chi connectivity index (χ4v) is 3.43. The molecule has 0 saturated carbocycles. The number of methoxy groups -OCH3 is 1. The fraction of sp³-hybridized carbons (Fsp3) is 0.0741. The molecule has 2 N–H and O–H groups in total. The first-order valence-corrected chi connectivity index (χ1v) is 10.7. The van der Waals surface area contributed by atoms with E-state index in [1.54, 1.807) is 49.2 Å². The number of nitrogens with one attached hydrogen (secondary N) is 2. The largest absolute Gasteiger partial charge is 0.497 e. The van der Waals surface area contributed by atoms with Gasteiger partial charge in [0.15, 0.2) is 0 Å². The summed E-state index contributed by atoms with van der Waals surface area (Å²) in [5, 5.41) is 10.1. The molecule has 0 aliphatic carbocycles. The van der Waals surface area contributed by atoms with Crippen molar-refractivity contribution in [3.05, 3.63) is 102 Å². The summed E-state index contributed by atoms with van der Waals surface area (Å²) in [6.45, 7) is 0. The summed E-state index contributed by atoms with van der Waals surface area (Å²) < 4.78 is 7.04. The van der Waals surface area contributed by atoms with Crippen molar-refractivity contribution < 1.29 is 14.3 Å². The number of anilines is 1. The van der Waals surface area contributed by atoms with E-state index in [2.05, 4.69) is 10.6 Å². The lowest BCUT2D eigenvalue weighted by Gasteiger charge is -2.05. The number of nitrogens with zero attached hydrogens (tertiary/aromatic N) is 2. The molecule has 0 unspecified atom stereocenters. The van der Waals surface area contributed by atoms with Crippen molar-refractivity contribution in [3.8, 4) is 22.7 Å². The fourth-order valence-electron chi connectivity index (χ4n) is 3.43. The molecule has 7 heteroatoms. The second-order valence-electron chi connectivity index (χ2n) is 7.42. The molecule has 0 aliphatic heterocycles. The predicted molar refractivity (Wildman–Crippen MR) is 133 cm³/mol. The van der Waals surface area contributed by atoms with Crippen LogP contribution in [0.1, 0.15) is 15.9 Å². The van der Waals surface area contributed by atoms with Gasteiger partial charge in [-0.15, -0.1) is 0 Å². The highest BCUT2D eigenvalue weighted by Gasteiger charge is 2.12. The lowest BCUT2D eigenvalue weighted by Crippen LogP contribution is -2.18. The molecule has 0 radical (unpaired) electrons. The van der Waals surface area contributed by atoms with E-state index in [1.165, 1.54) is 6.08 Å². The highest BCUT2D eigenvalue weighted by Crippen LogP contribution is 2.27. The number of para-hydroxylation sites is 1. The Balaban J connectivity index is 1.61. The molecule has 0 spiro atoms. The summed E-state index contributed by atoms with van der Waals surface area (Å²) in [7, 11) is 3.18. The summed E-state index contributed by atoms with van der Waals surface area (Å²) in [5.41, 5.74) is 4.32. The summed E-state index contributed by atoms with van der Waals surface area (Å²) >= 11 is 0. The van der Waals surface area contributed by atoms with Crippen molar-refractivity contribution in [1.29, 1.82) is 0 Å². The number of aromatic nitrogens is 2. The number of carbonyl (C=O) groups excluding carboxylic acids is 2. The summed E-state index contributed by atoms with van der Waals surface area (Å²) in [5.74, 6) is 0.216. The van der Waals surface area contributed by atoms with Gasteiger partial charge >= 0.3 is 0 Å². The molecule has 0 atom stereocenters. The topological polar surface area (TPSA) is 85.3 Å². The van der Waals surface area contributed by atoms with E-state index in [4.69, 9.17) is 9.84 Å². The van der Waals surface area contributed by atoms with Crippen LogP contribution in [0.3, 0.4) is 0 Å². The first kappa shape index (κ1) is 22.5. The van der Waals surface area contributed by atoms with Crippen molar-refractivity contribution >= 4 is 23.6 Å². The molecule has 7 nitrogen and oxygen atoms in total. The maximum absolute atomic E-state index is 12.6. The Labute approximate surface area is 197 Å². The Morgan fingerprint density at radius 1 is 0.971 bits per heavy atom. The van der Waals surface area contributed by atoms with Gasteiger partial charge in [-0.25, -0.2) is 4.68 Å². The van der Waals surface area contributed by atoms with Gasteiger partial charge < -0.3 is 15.4 Å². The number of hydrogen-bond donors (Lipinski definition) is 2. The van der Waals surface area contributed by atoms with E-state index in [-0.39, 0.29) is 11.8 Å². The van der Waals surface area contributed by atoms with Gasteiger partial charge in [0.2, 0.25) is 5.91 Å². The highest BCUT2D eigenvalue weighted by molar-refractivity contribution is 6.03. The van der Waals surface area contributed by atoms with Crippen molar-refractivity contribution in [2.24, 2.45) is 0 Å². The quantitative estimate of drug-likeness (QED) is 0.403. The molecular weight excluding hydrogens is 428 g/mol. The molecule has 1 heterocycles. The maximum atomic E-state index is 12.6. The first-order chi connectivity index (χ1) is 16.6. The van der Waals surface area contributed by atoms with Crippen molar-refractivity contribution in [3.63, 3.8) is 0 Å². The number of amides is 2. The van der Waals surface area contributed by atoms with Crippen LogP contribution >= 0.6 is 0 Å². The van der Waals surface area contributed by atoms with E-state index < -0.39 is 0 Å². The van der Waals surface area contributed by atoms with E-state index in [0.29, 0.717) is 11.3 Å². The van der Waals surface area contributed by atoms with Gasteiger partial charge in [0, 0.05) is 41.7 Å². The van der Waals surface area contributed by atoms with Gasteiger partial charge in [-0.2, -0.15) is 5.10 Å². The van der Waals surface area contributed by atoms with Gasteiger partial charge in [-0.3, -0.25) is 9.59 Å². The monoisotopic (exact) mass is 452 g/mol. The third-order valence-electron chi connectivity index (χ3n) is 5.16. The van der Waals surface area contributed by atoms with Gasteiger partial charge in [0.1, 0.15) is 5.75 Å². The minimum absolute atomic E-state index is 0.218. The average Bonchev–Trinajstić information content (AvgIpc) is 3.32. The summed E-state index contributed by atoms with van der Waals surface area (Å²) in [6.07, 6.45) is 5.06. The third kappa shape index (κ3) is 5.21. The number of rotatable bonds is 7. The van der Waals surface area contributed by atoms with Crippen molar-refractivity contribution in [1.82, 2.24) is 15.1 Å². The molecule has 3 aromatic carbocycles. The minimum atomic E-state index is -0.317. The summed E-state index contributed by atoms with van der Waals surface area (Å²) in [4.78, 5) is 24.4. The number of ether oxygens (including phenoxy) is 1. The van der Waals surface area contributed by atoms with E-state index in [1.807, 2.05) is 60.8 Å². The smallest absolute Gasteiger partial charge is 0.251 e. The Bertz CT molecular complexity index is 1330. The van der Waals surface area contributed by atoms with Crippen LogP contribution in [-0.2, 0) is 4.79 Å². The lowest BCUT2D eigenvalue weighted by atomic mass is 10.1. The van der Waals surface area contributed by atoms with Gasteiger partial charge in [0.25, 0.3) is 5.91 Å². The van der Waals surface area contributed by atoms with Crippen molar-refractivity contribution in [2.45, 2.75) is 0 Å². The zero-order valence-electron chi connectivity index (χ0n) is 18.9. The molecule has 0 fully saturated rings. The van der Waals surface area contributed by atoms with Gasteiger partial charge in [-0.05, 0) is 60.7 Å². The van der Waals surface area contributed by atoms with Crippen LogP contribution in [0.2, 0.25) is 0 Å². The molecule has 2 amide bonds. The van der Waals surface area contributed by atoms with Crippen LogP contribution in [0, 0.1) is 0 Å². The Morgan fingerprint density at radius 3 is 2.44 bits per heavy atom. The second kappa shape index (κ2) is 10.3. The summed E-state index contributed by atoms with van der Waals surface area (Å²) in [6, 6.07) is 24.1. The lowest BCUT2D eigenvalue weighted by molar-refractivity contribution is -0.111. The number of benzene rings is 3. The Hall–Kier alpha value is -4.65. The van der Waals surface area contributed by atoms with Gasteiger partial charge in [0.05, 0.1) is 18.5 Å². The van der Waals surface area contributed by atoms with Crippen molar-refractivity contribution in [2.75, 3.05) is 19.5 Å². The predicted octanol–water partition coefficient (Wildman–Crippen LogP) is 4.56. The normalized spacial score (nSPS) is 10.8. The minimum Gasteiger partial charge on any atom is -0.497 e. The molecule has 34 heavy (non-hydrogen) atoms. The van der Waals surface area contributed by atoms with Crippen LogP contribution in [0.25, 0.3) is 23.0 Å². The molecule has 0 bridgehead atoms. The molecule has 1 aromatic heterocycles. The molecule has 0 saturated heterocycles. The highest BCUT2D eigenvalue weighted by atomic mass is 16.5. The molecule has 4 aromatic rings.